The van der Waals surface area contributed by atoms with Gasteiger partial charge >= 0.3 is 0 Å². The third-order valence-electron chi connectivity index (χ3n) is 3.58. The standard InChI is InChI=1S/C19H18Cl2N4O/c1-26-10-9-22-19-24-17(13-5-3-2-4-6-13)12-18(25-19)23-14-7-8-15(20)16(21)11-14/h2-8,11-12H,9-10H2,1H3,(H2,22,23,24,25). The van der Waals surface area contributed by atoms with Crippen LogP contribution < -0.4 is 10.6 Å². The van der Waals surface area contributed by atoms with Crippen molar-refractivity contribution in [2.75, 3.05) is 30.9 Å². The highest BCUT2D eigenvalue weighted by molar-refractivity contribution is 6.42. The average molecular weight is 389 g/mol. The molecule has 0 saturated heterocycles. The molecule has 2 N–H and O–H groups in total. The van der Waals surface area contributed by atoms with Crippen molar-refractivity contribution >= 4 is 40.7 Å². The van der Waals surface area contributed by atoms with E-state index in [1.165, 1.54) is 0 Å². The lowest BCUT2D eigenvalue weighted by Gasteiger charge is -2.12. The summed E-state index contributed by atoms with van der Waals surface area (Å²) >= 11 is 12.1. The molecule has 1 aromatic heterocycles. The minimum Gasteiger partial charge on any atom is -0.383 e. The molecule has 0 aliphatic carbocycles. The number of anilines is 3. The summed E-state index contributed by atoms with van der Waals surface area (Å²) in [4.78, 5) is 9.10. The Morgan fingerprint density at radius 2 is 1.77 bits per heavy atom. The maximum atomic E-state index is 6.09. The first kappa shape index (κ1) is 18.5. The van der Waals surface area contributed by atoms with Crippen LogP contribution in [0.25, 0.3) is 11.3 Å². The molecule has 0 spiro atoms. The number of aromatic nitrogens is 2. The normalized spacial score (nSPS) is 10.6. The molecule has 7 heteroatoms. The summed E-state index contributed by atoms with van der Waals surface area (Å²) in [6, 6.07) is 17.2. The lowest BCUT2D eigenvalue weighted by molar-refractivity contribution is 0.210. The van der Waals surface area contributed by atoms with Crippen molar-refractivity contribution in [3.8, 4) is 11.3 Å². The Hall–Kier alpha value is -2.34. The minimum atomic E-state index is 0.479. The largest absolute Gasteiger partial charge is 0.383 e. The van der Waals surface area contributed by atoms with E-state index in [0.717, 1.165) is 16.9 Å². The fraction of sp³-hybridized carbons (Fsp3) is 0.158. The van der Waals surface area contributed by atoms with Gasteiger partial charge in [-0.15, -0.1) is 0 Å². The Morgan fingerprint density at radius 1 is 0.962 bits per heavy atom. The molecular weight excluding hydrogens is 371 g/mol. The molecular formula is C19H18Cl2N4O. The number of halogens is 2. The van der Waals surface area contributed by atoms with Crippen molar-refractivity contribution in [2.24, 2.45) is 0 Å². The summed E-state index contributed by atoms with van der Waals surface area (Å²) in [7, 11) is 1.65. The molecule has 3 rings (SSSR count). The van der Waals surface area contributed by atoms with Gasteiger partial charge in [0.15, 0.2) is 0 Å². The molecule has 5 nitrogen and oxygen atoms in total. The van der Waals surface area contributed by atoms with Crippen molar-refractivity contribution in [3.63, 3.8) is 0 Å². The second-order valence-electron chi connectivity index (χ2n) is 5.50. The number of rotatable bonds is 7. The van der Waals surface area contributed by atoms with E-state index in [4.69, 9.17) is 27.9 Å². The molecule has 0 amide bonds. The van der Waals surface area contributed by atoms with E-state index in [1.807, 2.05) is 42.5 Å². The number of hydrogen-bond acceptors (Lipinski definition) is 5. The van der Waals surface area contributed by atoms with Gasteiger partial charge < -0.3 is 15.4 Å². The molecule has 3 aromatic rings. The zero-order valence-electron chi connectivity index (χ0n) is 14.2. The van der Waals surface area contributed by atoms with Crippen LogP contribution in [0.3, 0.4) is 0 Å². The van der Waals surface area contributed by atoms with Crippen LogP contribution in [0.4, 0.5) is 17.5 Å². The van der Waals surface area contributed by atoms with E-state index in [9.17, 15) is 0 Å². The second kappa shape index (κ2) is 8.85. The van der Waals surface area contributed by atoms with Gasteiger partial charge in [0.2, 0.25) is 5.95 Å². The third kappa shape index (κ3) is 4.85. The van der Waals surface area contributed by atoms with E-state index in [-0.39, 0.29) is 0 Å². The molecule has 2 aromatic carbocycles. The van der Waals surface area contributed by atoms with Gasteiger partial charge in [-0.2, -0.15) is 4.98 Å². The van der Waals surface area contributed by atoms with E-state index >= 15 is 0 Å². The van der Waals surface area contributed by atoms with Crippen LogP contribution in [-0.4, -0.2) is 30.2 Å². The molecule has 0 aliphatic rings. The molecule has 0 bridgehead atoms. The molecule has 0 radical (unpaired) electrons. The molecule has 0 unspecified atom stereocenters. The first-order chi connectivity index (χ1) is 12.7. The number of ether oxygens (including phenoxy) is 1. The molecule has 0 saturated carbocycles. The summed E-state index contributed by atoms with van der Waals surface area (Å²) in [6.45, 7) is 1.18. The quantitative estimate of drug-likeness (QED) is 0.541. The third-order valence-corrected chi connectivity index (χ3v) is 4.32. The smallest absolute Gasteiger partial charge is 0.225 e. The minimum absolute atomic E-state index is 0.479. The van der Waals surface area contributed by atoms with E-state index < -0.39 is 0 Å². The van der Waals surface area contributed by atoms with Crippen molar-refractivity contribution < 1.29 is 4.74 Å². The van der Waals surface area contributed by atoms with Crippen LogP contribution in [-0.2, 0) is 4.74 Å². The highest BCUT2D eigenvalue weighted by Crippen LogP contribution is 2.28. The maximum Gasteiger partial charge on any atom is 0.225 e. The van der Waals surface area contributed by atoms with Gasteiger partial charge in [-0.05, 0) is 18.2 Å². The summed E-state index contributed by atoms with van der Waals surface area (Å²) in [5.74, 6) is 1.17. The first-order valence-corrected chi connectivity index (χ1v) is 8.80. The van der Waals surface area contributed by atoms with Crippen LogP contribution in [0.5, 0.6) is 0 Å². The summed E-state index contributed by atoms with van der Waals surface area (Å²) in [5.41, 5.74) is 2.60. The Labute approximate surface area is 162 Å². The average Bonchev–Trinajstić information content (AvgIpc) is 2.66. The van der Waals surface area contributed by atoms with Crippen molar-refractivity contribution in [2.45, 2.75) is 0 Å². The Morgan fingerprint density at radius 3 is 2.50 bits per heavy atom. The van der Waals surface area contributed by atoms with Crippen LogP contribution in [0.1, 0.15) is 0 Å². The Kier molecular flexibility index (Phi) is 6.28. The summed E-state index contributed by atoms with van der Waals surface area (Å²) in [5, 5.41) is 7.40. The van der Waals surface area contributed by atoms with Crippen molar-refractivity contribution in [1.82, 2.24) is 9.97 Å². The van der Waals surface area contributed by atoms with Crippen LogP contribution in [0, 0.1) is 0 Å². The fourth-order valence-corrected chi connectivity index (χ4v) is 2.63. The number of benzene rings is 2. The second-order valence-corrected chi connectivity index (χ2v) is 6.32. The fourth-order valence-electron chi connectivity index (χ4n) is 2.33. The van der Waals surface area contributed by atoms with Gasteiger partial charge in [-0.25, -0.2) is 4.98 Å². The molecule has 1 heterocycles. The topological polar surface area (TPSA) is 59.1 Å². The maximum absolute atomic E-state index is 6.09. The zero-order valence-corrected chi connectivity index (χ0v) is 15.7. The zero-order chi connectivity index (χ0) is 18.4. The number of nitrogens with zero attached hydrogens (tertiary/aromatic N) is 2. The highest BCUT2D eigenvalue weighted by atomic mass is 35.5. The van der Waals surface area contributed by atoms with Crippen LogP contribution >= 0.6 is 23.2 Å². The summed E-state index contributed by atoms with van der Waals surface area (Å²) < 4.78 is 5.07. The molecule has 134 valence electrons. The SMILES string of the molecule is COCCNc1nc(Nc2ccc(Cl)c(Cl)c2)cc(-c2ccccc2)n1. The Bertz CT molecular complexity index is 875. The van der Waals surface area contributed by atoms with Gasteiger partial charge in [-0.1, -0.05) is 53.5 Å². The van der Waals surface area contributed by atoms with E-state index in [2.05, 4.69) is 20.6 Å². The van der Waals surface area contributed by atoms with Crippen LogP contribution in [0.15, 0.2) is 54.6 Å². The molecule has 0 aliphatic heterocycles. The highest BCUT2D eigenvalue weighted by Gasteiger charge is 2.08. The predicted molar refractivity (Wildman–Crippen MR) is 108 cm³/mol. The molecule has 0 fully saturated rings. The lowest BCUT2D eigenvalue weighted by atomic mass is 10.1. The van der Waals surface area contributed by atoms with E-state index in [1.54, 1.807) is 19.2 Å². The van der Waals surface area contributed by atoms with Gasteiger partial charge in [-0.3, -0.25) is 0 Å². The van der Waals surface area contributed by atoms with Gasteiger partial charge in [0.25, 0.3) is 0 Å². The van der Waals surface area contributed by atoms with Gasteiger partial charge in [0.05, 0.1) is 22.3 Å². The molecule has 26 heavy (non-hydrogen) atoms. The monoisotopic (exact) mass is 388 g/mol. The van der Waals surface area contributed by atoms with Crippen LogP contribution in [0.2, 0.25) is 10.0 Å². The van der Waals surface area contributed by atoms with Crippen molar-refractivity contribution in [3.05, 3.63) is 64.6 Å². The number of methoxy groups -OCH3 is 1. The predicted octanol–water partition coefficient (Wildman–Crippen LogP) is 5.25. The van der Waals surface area contributed by atoms with Gasteiger partial charge in [0.1, 0.15) is 5.82 Å². The first-order valence-electron chi connectivity index (χ1n) is 8.05. The molecule has 0 atom stereocenters. The Balaban J connectivity index is 1.91. The summed E-state index contributed by atoms with van der Waals surface area (Å²) in [6.07, 6.45) is 0. The van der Waals surface area contributed by atoms with Gasteiger partial charge in [0, 0.05) is 31.0 Å². The number of hydrogen-bond donors (Lipinski definition) is 2. The lowest BCUT2D eigenvalue weighted by Crippen LogP contribution is -2.11. The van der Waals surface area contributed by atoms with E-state index in [0.29, 0.717) is 35.0 Å². The number of nitrogens with one attached hydrogen (secondary N) is 2. The van der Waals surface area contributed by atoms with Crippen molar-refractivity contribution in [1.29, 1.82) is 0 Å².